The van der Waals surface area contributed by atoms with Crippen LogP contribution in [0.4, 0.5) is 30.9 Å². The summed E-state index contributed by atoms with van der Waals surface area (Å²) in [6.07, 6.45) is -4.70. The molecule has 2 aromatic heterocycles. The lowest BCUT2D eigenvalue weighted by atomic mass is 10.1. The third kappa shape index (κ3) is 4.32. The molecule has 12 heteroatoms. The van der Waals surface area contributed by atoms with E-state index in [4.69, 9.17) is 15.2 Å². The first kappa shape index (κ1) is 19.6. The molecule has 2 N–H and O–H groups in total. The van der Waals surface area contributed by atoms with Crippen LogP contribution in [-0.2, 0) is 15.7 Å². The van der Waals surface area contributed by atoms with Gasteiger partial charge < -0.3 is 25.0 Å². The highest BCUT2D eigenvalue weighted by molar-refractivity contribution is 5.63. The summed E-state index contributed by atoms with van der Waals surface area (Å²) in [5, 5.41) is 0. The maximum Gasteiger partial charge on any atom is 0.434 e. The van der Waals surface area contributed by atoms with Crippen molar-refractivity contribution in [2.75, 3.05) is 68.1 Å². The van der Waals surface area contributed by atoms with E-state index in [9.17, 15) is 13.2 Å². The van der Waals surface area contributed by atoms with Crippen LogP contribution in [0, 0.1) is 0 Å². The monoisotopic (exact) mass is 411 g/mol. The number of nitrogens with zero attached hydrogens (tertiary/aromatic N) is 6. The van der Waals surface area contributed by atoms with E-state index in [1.54, 1.807) is 0 Å². The van der Waals surface area contributed by atoms with Crippen LogP contribution in [0.25, 0.3) is 11.4 Å². The number of hydrogen-bond acceptors (Lipinski definition) is 9. The van der Waals surface area contributed by atoms with Gasteiger partial charge in [-0.15, -0.1) is 0 Å². The van der Waals surface area contributed by atoms with Crippen LogP contribution < -0.4 is 15.5 Å². The number of nitrogen functional groups attached to an aromatic ring is 1. The Morgan fingerprint density at radius 1 is 0.793 bits per heavy atom. The Kier molecular flexibility index (Phi) is 5.37. The molecule has 0 spiro atoms. The highest BCUT2D eigenvalue weighted by Crippen LogP contribution is 2.36. The quantitative estimate of drug-likeness (QED) is 0.798. The van der Waals surface area contributed by atoms with E-state index in [0.717, 1.165) is 0 Å². The summed E-state index contributed by atoms with van der Waals surface area (Å²) in [5.74, 6) is 0.300. The van der Waals surface area contributed by atoms with Crippen molar-refractivity contribution in [3.63, 3.8) is 0 Å². The molecule has 0 amide bonds. The van der Waals surface area contributed by atoms with Crippen molar-refractivity contribution >= 4 is 17.7 Å². The lowest BCUT2D eigenvalue weighted by Gasteiger charge is -2.30. The number of halogens is 3. The molecule has 0 unspecified atom stereocenters. The lowest BCUT2D eigenvalue weighted by Crippen LogP contribution is -2.40. The molecule has 0 aliphatic carbocycles. The van der Waals surface area contributed by atoms with Crippen molar-refractivity contribution in [3.05, 3.63) is 17.8 Å². The molecular formula is C17H20F3N7O2. The molecule has 29 heavy (non-hydrogen) atoms. The van der Waals surface area contributed by atoms with E-state index in [0.29, 0.717) is 64.5 Å². The number of ether oxygens (including phenoxy) is 2. The van der Waals surface area contributed by atoms with Crippen LogP contribution in [-0.4, -0.2) is 72.5 Å². The topological polar surface area (TPSA) is 103 Å². The highest BCUT2D eigenvalue weighted by atomic mass is 19.4. The average molecular weight is 411 g/mol. The predicted molar refractivity (Wildman–Crippen MR) is 98.5 cm³/mol. The summed E-state index contributed by atoms with van der Waals surface area (Å²) >= 11 is 0. The zero-order valence-corrected chi connectivity index (χ0v) is 15.5. The Bertz CT molecular complexity index is 832. The fourth-order valence-electron chi connectivity index (χ4n) is 3.15. The van der Waals surface area contributed by atoms with E-state index in [1.807, 2.05) is 9.80 Å². The van der Waals surface area contributed by atoms with Crippen LogP contribution in [0.3, 0.4) is 0 Å². The van der Waals surface area contributed by atoms with Crippen molar-refractivity contribution in [2.24, 2.45) is 0 Å². The summed E-state index contributed by atoms with van der Waals surface area (Å²) in [4.78, 5) is 20.4. The average Bonchev–Trinajstić information content (AvgIpc) is 2.74. The zero-order valence-electron chi connectivity index (χ0n) is 15.5. The standard InChI is InChI=1S/C17H20F3N7O2/c18-17(19,20)13-11(1-2-12(21)22-13)14-23-15(26-3-7-28-8-4-26)25-16(24-14)27-5-9-29-10-6-27/h1-2H,3-10H2,(H2,21,22). The third-order valence-corrected chi connectivity index (χ3v) is 4.63. The molecular weight excluding hydrogens is 391 g/mol. The summed E-state index contributed by atoms with van der Waals surface area (Å²) in [6, 6.07) is 2.55. The Morgan fingerprint density at radius 2 is 1.31 bits per heavy atom. The van der Waals surface area contributed by atoms with E-state index in [1.165, 1.54) is 12.1 Å². The molecule has 9 nitrogen and oxygen atoms in total. The number of morpholine rings is 2. The maximum atomic E-state index is 13.6. The predicted octanol–water partition coefficient (Wildman–Crippen LogP) is 1.21. The Hall–Kier alpha value is -2.73. The molecule has 0 saturated carbocycles. The number of alkyl halides is 3. The highest BCUT2D eigenvalue weighted by Gasteiger charge is 2.37. The zero-order chi connectivity index (χ0) is 20.4. The van der Waals surface area contributed by atoms with E-state index >= 15 is 0 Å². The van der Waals surface area contributed by atoms with Crippen molar-refractivity contribution in [2.45, 2.75) is 6.18 Å². The second kappa shape index (κ2) is 7.95. The van der Waals surface area contributed by atoms with Gasteiger partial charge in [0.05, 0.1) is 32.0 Å². The Labute approximate surface area is 164 Å². The van der Waals surface area contributed by atoms with E-state index in [2.05, 4.69) is 19.9 Å². The van der Waals surface area contributed by atoms with Gasteiger partial charge in [-0.2, -0.15) is 28.1 Å². The summed E-state index contributed by atoms with van der Waals surface area (Å²) in [6.45, 7) is 4.12. The maximum absolute atomic E-state index is 13.6. The molecule has 0 bridgehead atoms. The molecule has 2 saturated heterocycles. The number of pyridine rings is 1. The first-order valence-corrected chi connectivity index (χ1v) is 9.17. The summed E-state index contributed by atoms with van der Waals surface area (Å²) < 4.78 is 51.4. The fraction of sp³-hybridized carbons (Fsp3) is 0.529. The second-order valence-corrected chi connectivity index (χ2v) is 6.59. The number of hydrogen-bond donors (Lipinski definition) is 1. The van der Waals surface area contributed by atoms with Crippen LogP contribution in [0.15, 0.2) is 12.1 Å². The molecule has 0 atom stereocenters. The number of nitrogens with two attached hydrogens (primary N) is 1. The van der Waals surface area contributed by atoms with Crippen molar-refractivity contribution in [3.8, 4) is 11.4 Å². The van der Waals surface area contributed by atoms with Crippen LogP contribution in [0.1, 0.15) is 5.69 Å². The van der Waals surface area contributed by atoms with E-state index in [-0.39, 0.29) is 17.2 Å². The van der Waals surface area contributed by atoms with Gasteiger partial charge in [-0.05, 0) is 12.1 Å². The van der Waals surface area contributed by atoms with Crippen molar-refractivity contribution < 1.29 is 22.6 Å². The number of rotatable bonds is 3. The third-order valence-electron chi connectivity index (χ3n) is 4.63. The lowest BCUT2D eigenvalue weighted by molar-refractivity contribution is -0.140. The molecule has 4 rings (SSSR count). The first-order chi connectivity index (χ1) is 13.9. The van der Waals surface area contributed by atoms with Gasteiger partial charge in [0, 0.05) is 26.2 Å². The van der Waals surface area contributed by atoms with Crippen LogP contribution in [0.5, 0.6) is 0 Å². The van der Waals surface area contributed by atoms with Crippen LogP contribution in [0.2, 0.25) is 0 Å². The second-order valence-electron chi connectivity index (χ2n) is 6.59. The molecule has 0 radical (unpaired) electrons. The van der Waals surface area contributed by atoms with Gasteiger partial charge in [-0.25, -0.2) is 4.98 Å². The van der Waals surface area contributed by atoms with Crippen LogP contribution >= 0.6 is 0 Å². The fourth-order valence-corrected chi connectivity index (χ4v) is 3.15. The van der Waals surface area contributed by atoms with Gasteiger partial charge >= 0.3 is 6.18 Å². The largest absolute Gasteiger partial charge is 0.434 e. The van der Waals surface area contributed by atoms with Gasteiger partial charge in [-0.1, -0.05) is 0 Å². The number of anilines is 3. The van der Waals surface area contributed by atoms with Gasteiger partial charge in [0.25, 0.3) is 0 Å². The molecule has 0 aromatic carbocycles. The minimum absolute atomic E-state index is 0.0946. The molecule has 2 aliphatic rings. The molecule has 2 aromatic rings. The molecule has 2 fully saturated rings. The van der Waals surface area contributed by atoms with Crippen molar-refractivity contribution in [1.82, 2.24) is 19.9 Å². The smallest absolute Gasteiger partial charge is 0.384 e. The Morgan fingerprint density at radius 3 is 1.79 bits per heavy atom. The minimum atomic E-state index is -4.70. The minimum Gasteiger partial charge on any atom is -0.384 e. The molecule has 4 heterocycles. The SMILES string of the molecule is Nc1ccc(-c2nc(N3CCOCC3)nc(N3CCOCC3)n2)c(C(F)(F)F)n1. The molecule has 2 aliphatic heterocycles. The van der Waals surface area contributed by atoms with Gasteiger partial charge in [-0.3, -0.25) is 0 Å². The Balaban J connectivity index is 1.82. The first-order valence-electron chi connectivity index (χ1n) is 9.17. The normalized spacial score (nSPS) is 18.2. The van der Waals surface area contributed by atoms with Gasteiger partial charge in [0.1, 0.15) is 5.82 Å². The molecule has 156 valence electrons. The summed E-state index contributed by atoms with van der Waals surface area (Å²) in [5.41, 5.74) is 4.13. The van der Waals surface area contributed by atoms with Crippen molar-refractivity contribution in [1.29, 1.82) is 0 Å². The summed E-state index contributed by atoms with van der Waals surface area (Å²) in [7, 11) is 0. The van der Waals surface area contributed by atoms with Gasteiger partial charge in [0.2, 0.25) is 11.9 Å². The number of aromatic nitrogens is 4. The van der Waals surface area contributed by atoms with E-state index < -0.39 is 11.9 Å². The van der Waals surface area contributed by atoms with Gasteiger partial charge in [0.15, 0.2) is 11.5 Å².